The van der Waals surface area contributed by atoms with Crippen molar-refractivity contribution in [2.75, 3.05) is 18.4 Å². The lowest BCUT2D eigenvalue weighted by Crippen LogP contribution is -2.45. The lowest BCUT2D eigenvalue weighted by atomic mass is 9.57. The number of nitriles is 1. The van der Waals surface area contributed by atoms with Crippen molar-refractivity contribution in [1.29, 1.82) is 5.26 Å². The fourth-order valence-corrected chi connectivity index (χ4v) is 6.13. The number of amides is 1. The van der Waals surface area contributed by atoms with E-state index in [4.69, 9.17) is 4.98 Å². The summed E-state index contributed by atoms with van der Waals surface area (Å²) in [4.78, 5) is 24.7. The van der Waals surface area contributed by atoms with Crippen LogP contribution in [0.3, 0.4) is 0 Å². The van der Waals surface area contributed by atoms with Crippen molar-refractivity contribution in [2.45, 2.75) is 69.2 Å². The summed E-state index contributed by atoms with van der Waals surface area (Å²) >= 11 is 0. The molecular weight excluding hydrogens is 526 g/mol. The molecule has 3 aromatic rings. The predicted molar refractivity (Wildman–Crippen MR) is 147 cm³/mol. The first-order valence-corrected chi connectivity index (χ1v) is 14.3. The zero-order valence-electron chi connectivity index (χ0n) is 23.4. The number of piperidine rings is 1. The van der Waals surface area contributed by atoms with Crippen molar-refractivity contribution in [3.05, 3.63) is 65.3 Å². The first-order valence-electron chi connectivity index (χ1n) is 14.3. The molecule has 1 amide bonds. The number of hydrogen-bond acceptors (Lipinski definition) is 7. The molecule has 2 aliphatic carbocycles. The van der Waals surface area contributed by atoms with Crippen molar-refractivity contribution in [3.8, 4) is 6.07 Å². The molecule has 3 heterocycles. The molecule has 2 aromatic heterocycles. The first kappa shape index (κ1) is 27.4. The fourth-order valence-electron chi connectivity index (χ4n) is 6.13. The minimum absolute atomic E-state index is 0.0177. The number of rotatable bonds is 8. The largest absolute Gasteiger partial charge is 0.321 e. The van der Waals surface area contributed by atoms with Crippen molar-refractivity contribution in [2.24, 2.45) is 18.9 Å². The Labute approximate surface area is 238 Å². The van der Waals surface area contributed by atoms with E-state index in [1.54, 1.807) is 19.3 Å². The molecule has 1 aromatic carbocycles. The highest BCUT2D eigenvalue weighted by molar-refractivity contribution is 6.03. The summed E-state index contributed by atoms with van der Waals surface area (Å²) < 4.78 is 29.9. The monoisotopic (exact) mass is 560 g/mol. The summed E-state index contributed by atoms with van der Waals surface area (Å²) in [5, 5.41) is 20.8. The Balaban J connectivity index is 1.21. The van der Waals surface area contributed by atoms with Crippen LogP contribution in [-0.4, -0.2) is 54.6 Å². The van der Waals surface area contributed by atoms with Gasteiger partial charge in [0.25, 0.3) is 11.8 Å². The Bertz CT molecular complexity index is 1490. The summed E-state index contributed by atoms with van der Waals surface area (Å²) in [6, 6.07) is 11.8. The van der Waals surface area contributed by atoms with Gasteiger partial charge in [-0.2, -0.15) is 5.26 Å². The van der Waals surface area contributed by atoms with Crippen LogP contribution in [0.2, 0.25) is 0 Å². The molecule has 6 rings (SSSR count). The second-order valence-electron chi connectivity index (χ2n) is 12.1. The van der Waals surface area contributed by atoms with E-state index in [0.29, 0.717) is 30.2 Å². The number of hydrogen-bond donors (Lipinski definition) is 1. The molecule has 2 saturated carbocycles. The molecule has 41 heavy (non-hydrogen) atoms. The Morgan fingerprint density at radius 1 is 1.22 bits per heavy atom. The molecule has 9 nitrogen and oxygen atoms in total. The number of alkyl halides is 2. The SMILES string of the molecule is C[C@@H]1CN(Cc2cc(C(=O)Nc3cccc([C@]4(Cc5nncn5C)C[C@@H](C#N)C4)c3)nc(C3CC3)n2)CCC1(F)F. The van der Waals surface area contributed by atoms with Gasteiger partial charge in [-0.05, 0) is 49.4 Å². The Hall–Kier alpha value is -3.78. The van der Waals surface area contributed by atoms with E-state index < -0.39 is 11.8 Å². The maximum atomic E-state index is 14.0. The summed E-state index contributed by atoms with van der Waals surface area (Å²) in [6.07, 6.45) is 5.55. The molecule has 1 N–H and O–H groups in total. The van der Waals surface area contributed by atoms with Crippen molar-refractivity contribution in [1.82, 2.24) is 29.6 Å². The van der Waals surface area contributed by atoms with Gasteiger partial charge in [0.2, 0.25) is 0 Å². The number of benzene rings is 1. The van der Waals surface area contributed by atoms with Gasteiger partial charge in [-0.25, -0.2) is 18.7 Å². The first-order chi connectivity index (χ1) is 19.6. The third kappa shape index (κ3) is 5.71. The van der Waals surface area contributed by atoms with Crippen LogP contribution in [0.4, 0.5) is 14.5 Å². The molecule has 0 radical (unpaired) electrons. The van der Waals surface area contributed by atoms with E-state index in [1.807, 2.05) is 40.8 Å². The van der Waals surface area contributed by atoms with Crippen molar-refractivity contribution in [3.63, 3.8) is 0 Å². The number of aryl methyl sites for hydroxylation is 1. The number of nitrogens with one attached hydrogen (secondary N) is 1. The number of anilines is 1. The predicted octanol–water partition coefficient (Wildman–Crippen LogP) is 4.63. The summed E-state index contributed by atoms with van der Waals surface area (Å²) in [5.74, 6) is -2.00. The molecular formula is C30H34F2N8O. The fraction of sp³-hybridized carbons (Fsp3) is 0.533. The van der Waals surface area contributed by atoms with Crippen LogP contribution in [0.25, 0.3) is 0 Å². The van der Waals surface area contributed by atoms with Gasteiger partial charge in [-0.15, -0.1) is 10.2 Å². The molecule has 0 spiro atoms. The van der Waals surface area contributed by atoms with Gasteiger partial charge >= 0.3 is 0 Å². The van der Waals surface area contributed by atoms with Crippen molar-refractivity contribution < 1.29 is 13.6 Å². The van der Waals surface area contributed by atoms with Crippen LogP contribution in [0, 0.1) is 23.2 Å². The number of carbonyl (C=O) groups excluding carboxylic acids is 1. The minimum atomic E-state index is -2.65. The third-order valence-electron chi connectivity index (χ3n) is 8.86. The highest BCUT2D eigenvalue weighted by atomic mass is 19.3. The number of carbonyl (C=O) groups is 1. The minimum Gasteiger partial charge on any atom is -0.321 e. The lowest BCUT2D eigenvalue weighted by molar-refractivity contribution is -0.100. The van der Waals surface area contributed by atoms with E-state index in [9.17, 15) is 18.8 Å². The number of likely N-dealkylation sites (tertiary alicyclic amines) is 1. The van der Waals surface area contributed by atoms with Crippen LogP contribution in [0.1, 0.15) is 78.3 Å². The third-order valence-corrected chi connectivity index (χ3v) is 8.86. The van der Waals surface area contributed by atoms with Crippen LogP contribution in [0.5, 0.6) is 0 Å². The molecule has 11 heteroatoms. The average molecular weight is 561 g/mol. The maximum absolute atomic E-state index is 14.0. The van der Waals surface area contributed by atoms with Gasteiger partial charge in [-0.3, -0.25) is 9.69 Å². The zero-order chi connectivity index (χ0) is 28.8. The maximum Gasteiger partial charge on any atom is 0.274 e. The second-order valence-corrected chi connectivity index (χ2v) is 12.1. The van der Waals surface area contributed by atoms with E-state index in [0.717, 1.165) is 37.1 Å². The Morgan fingerprint density at radius 2 is 2.02 bits per heavy atom. The highest BCUT2D eigenvalue weighted by Crippen LogP contribution is 2.50. The van der Waals surface area contributed by atoms with E-state index in [1.165, 1.54) is 0 Å². The second kappa shape index (κ2) is 10.6. The van der Waals surface area contributed by atoms with Gasteiger partial charge in [0.15, 0.2) is 0 Å². The van der Waals surface area contributed by atoms with Gasteiger partial charge in [0.1, 0.15) is 23.7 Å². The lowest BCUT2D eigenvalue weighted by Gasteiger charge is -2.45. The average Bonchev–Trinajstić information content (AvgIpc) is 3.70. The van der Waals surface area contributed by atoms with Crippen LogP contribution < -0.4 is 5.32 Å². The number of nitrogens with zero attached hydrogens (tertiary/aromatic N) is 7. The van der Waals surface area contributed by atoms with Gasteiger partial charge in [0.05, 0.1) is 11.8 Å². The van der Waals surface area contributed by atoms with Crippen molar-refractivity contribution >= 4 is 11.6 Å². The standard InChI is InChI=1S/C30H34F2N8O/c1-19-16-40(9-8-30(19,31)32)17-24-11-25(37-27(35-24)21-6-7-21)28(41)36-23-5-3-4-22(10-23)29(12-20(13-29)15-33)14-26-38-34-18-39(26)2/h3-5,10-11,18-21H,6-9,12-14,16-17H2,1-2H3,(H,36,41)/t19-,20-,29-/m1/s1. The normalized spacial score (nSPS) is 25.7. The summed E-state index contributed by atoms with van der Waals surface area (Å²) in [5.41, 5.74) is 2.39. The smallest absolute Gasteiger partial charge is 0.274 e. The molecule has 214 valence electrons. The number of aromatic nitrogens is 5. The summed E-state index contributed by atoms with van der Waals surface area (Å²) in [6.45, 7) is 2.56. The van der Waals surface area contributed by atoms with Gasteiger partial charge in [-0.1, -0.05) is 19.1 Å². The van der Waals surface area contributed by atoms with E-state index in [-0.39, 0.29) is 48.4 Å². The molecule has 3 aliphatic rings. The molecule has 1 atom stereocenters. The highest BCUT2D eigenvalue weighted by Gasteiger charge is 2.47. The molecule has 1 saturated heterocycles. The number of halogens is 2. The van der Waals surface area contributed by atoms with Gasteiger partial charge < -0.3 is 9.88 Å². The van der Waals surface area contributed by atoms with Crippen LogP contribution in [0.15, 0.2) is 36.7 Å². The quantitative estimate of drug-likeness (QED) is 0.428. The molecule has 1 aliphatic heterocycles. The van der Waals surface area contributed by atoms with E-state index >= 15 is 0 Å². The molecule has 3 fully saturated rings. The Morgan fingerprint density at radius 3 is 2.71 bits per heavy atom. The van der Waals surface area contributed by atoms with Crippen LogP contribution >= 0.6 is 0 Å². The van der Waals surface area contributed by atoms with Gasteiger partial charge in [0, 0.05) is 68.4 Å². The zero-order valence-corrected chi connectivity index (χ0v) is 23.4. The molecule has 0 unspecified atom stereocenters. The molecule has 0 bridgehead atoms. The Kier molecular flexibility index (Phi) is 7.06. The topological polar surface area (TPSA) is 113 Å². The van der Waals surface area contributed by atoms with Crippen LogP contribution in [-0.2, 0) is 25.4 Å². The summed E-state index contributed by atoms with van der Waals surface area (Å²) in [7, 11) is 1.91. The van der Waals surface area contributed by atoms with E-state index in [2.05, 4.69) is 26.6 Å².